The predicted octanol–water partition coefficient (Wildman–Crippen LogP) is 0.888. The van der Waals surface area contributed by atoms with Crippen LogP contribution >= 0.6 is 0 Å². The minimum absolute atomic E-state index is 0.0445. The smallest absolute Gasteiger partial charge is 0.269 e. The summed E-state index contributed by atoms with van der Waals surface area (Å²) in [6.07, 6.45) is 6.41. The van der Waals surface area contributed by atoms with Crippen molar-refractivity contribution in [3.05, 3.63) is 46.1 Å². The summed E-state index contributed by atoms with van der Waals surface area (Å²) in [5.74, 6) is 0. The lowest BCUT2D eigenvalue weighted by molar-refractivity contribution is 0.260. The zero-order chi connectivity index (χ0) is 17.1. The van der Waals surface area contributed by atoms with Gasteiger partial charge in [-0.15, -0.1) is 0 Å². The Bertz CT molecular complexity index is 767. The Morgan fingerprint density at radius 3 is 2.72 bits per heavy atom. The topological polar surface area (TPSA) is 77.2 Å². The standard InChI is InChI=1S/C18H24N6O/c25-18-15-2-1-6-20-17(15)16(21-22-18)5-9-23-10-12-24(13-11-23)14-3-7-19-8-4-14/h3-4,7-8,20H,1-2,5-6,9-13H2,(H,22,25). The highest BCUT2D eigenvalue weighted by Gasteiger charge is 2.20. The molecule has 4 rings (SSSR count). The maximum atomic E-state index is 11.9. The molecule has 0 aromatic carbocycles. The Morgan fingerprint density at radius 2 is 1.92 bits per heavy atom. The number of anilines is 2. The summed E-state index contributed by atoms with van der Waals surface area (Å²) in [4.78, 5) is 20.9. The van der Waals surface area contributed by atoms with E-state index in [4.69, 9.17) is 0 Å². The Balaban J connectivity index is 1.35. The van der Waals surface area contributed by atoms with Crippen LogP contribution in [0.1, 0.15) is 17.7 Å². The molecule has 2 N–H and O–H groups in total. The molecule has 7 nitrogen and oxygen atoms in total. The van der Waals surface area contributed by atoms with Crippen LogP contribution in [0.4, 0.5) is 11.4 Å². The molecular weight excluding hydrogens is 316 g/mol. The summed E-state index contributed by atoms with van der Waals surface area (Å²) in [6.45, 7) is 6.04. The molecule has 0 unspecified atom stereocenters. The van der Waals surface area contributed by atoms with Gasteiger partial charge < -0.3 is 10.2 Å². The maximum absolute atomic E-state index is 11.9. The lowest BCUT2D eigenvalue weighted by atomic mass is 10.0. The first-order valence-electron chi connectivity index (χ1n) is 9.03. The van der Waals surface area contributed by atoms with Crippen LogP contribution in [-0.2, 0) is 12.8 Å². The largest absolute Gasteiger partial charge is 0.383 e. The lowest BCUT2D eigenvalue weighted by Crippen LogP contribution is -2.47. The molecule has 0 amide bonds. The minimum Gasteiger partial charge on any atom is -0.383 e. The van der Waals surface area contributed by atoms with Crippen molar-refractivity contribution in [2.45, 2.75) is 19.3 Å². The number of hydrogen-bond donors (Lipinski definition) is 2. The summed E-state index contributed by atoms with van der Waals surface area (Å²) in [5, 5.41) is 10.3. The molecular formula is C18H24N6O. The van der Waals surface area contributed by atoms with Gasteiger partial charge in [-0.25, -0.2) is 5.10 Å². The third-order valence-corrected chi connectivity index (χ3v) is 5.13. The summed E-state index contributed by atoms with van der Waals surface area (Å²) in [6, 6.07) is 4.13. The van der Waals surface area contributed by atoms with Gasteiger partial charge in [0.2, 0.25) is 0 Å². The number of nitrogens with one attached hydrogen (secondary N) is 2. The van der Waals surface area contributed by atoms with E-state index in [0.29, 0.717) is 0 Å². The van der Waals surface area contributed by atoms with Gasteiger partial charge in [-0.05, 0) is 25.0 Å². The van der Waals surface area contributed by atoms with Crippen LogP contribution in [0.25, 0.3) is 0 Å². The number of aromatic amines is 1. The van der Waals surface area contributed by atoms with Crippen molar-refractivity contribution >= 4 is 11.4 Å². The summed E-state index contributed by atoms with van der Waals surface area (Å²) in [7, 11) is 0. The number of pyridine rings is 1. The highest BCUT2D eigenvalue weighted by molar-refractivity contribution is 5.55. The normalized spacial score (nSPS) is 17.8. The van der Waals surface area contributed by atoms with Gasteiger partial charge in [0.15, 0.2) is 0 Å². The fourth-order valence-electron chi connectivity index (χ4n) is 3.68. The van der Waals surface area contributed by atoms with Gasteiger partial charge in [0.1, 0.15) is 0 Å². The zero-order valence-electron chi connectivity index (χ0n) is 14.4. The van der Waals surface area contributed by atoms with Gasteiger partial charge in [-0.3, -0.25) is 14.7 Å². The van der Waals surface area contributed by atoms with Crippen LogP contribution in [0.3, 0.4) is 0 Å². The van der Waals surface area contributed by atoms with E-state index in [1.165, 1.54) is 5.69 Å². The van der Waals surface area contributed by atoms with E-state index in [-0.39, 0.29) is 5.56 Å². The number of rotatable bonds is 4. The number of aromatic nitrogens is 3. The molecule has 4 heterocycles. The highest BCUT2D eigenvalue weighted by Crippen LogP contribution is 2.22. The van der Waals surface area contributed by atoms with Gasteiger partial charge >= 0.3 is 0 Å². The average molecular weight is 340 g/mol. The second kappa shape index (κ2) is 7.23. The molecule has 132 valence electrons. The van der Waals surface area contributed by atoms with Crippen molar-refractivity contribution < 1.29 is 0 Å². The predicted molar refractivity (Wildman–Crippen MR) is 98.3 cm³/mol. The second-order valence-corrected chi connectivity index (χ2v) is 6.67. The number of H-pyrrole nitrogens is 1. The number of piperazine rings is 1. The molecule has 7 heteroatoms. The molecule has 0 radical (unpaired) electrons. The number of hydrogen-bond acceptors (Lipinski definition) is 6. The fraction of sp³-hybridized carbons (Fsp3) is 0.500. The van der Waals surface area contributed by atoms with Gasteiger partial charge in [0.25, 0.3) is 5.56 Å². The third-order valence-electron chi connectivity index (χ3n) is 5.13. The van der Waals surface area contributed by atoms with E-state index < -0.39 is 0 Å². The van der Waals surface area contributed by atoms with Gasteiger partial charge in [-0.1, -0.05) is 0 Å². The first-order valence-corrected chi connectivity index (χ1v) is 9.03. The Morgan fingerprint density at radius 1 is 1.12 bits per heavy atom. The summed E-state index contributed by atoms with van der Waals surface area (Å²) >= 11 is 0. The Kier molecular flexibility index (Phi) is 4.65. The van der Waals surface area contributed by atoms with E-state index in [1.54, 1.807) is 0 Å². The van der Waals surface area contributed by atoms with Crippen LogP contribution in [0, 0.1) is 0 Å². The first-order chi connectivity index (χ1) is 12.3. The SMILES string of the molecule is O=c1[nH]nc(CCN2CCN(c3ccncc3)CC2)c2c1CCCN2. The van der Waals surface area contributed by atoms with Crippen molar-refractivity contribution in [1.82, 2.24) is 20.1 Å². The third kappa shape index (κ3) is 3.51. The molecule has 25 heavy (non-hydrogen) atoms. The van der Waals surface area contributed by atoms with Crippen molar-refractivity contribution in [3.63, 3.8) is 0 Å². The quantitative estimate of drug-likeness (QED) is 0.861. The van der Waals surface area contributed by atoms with Crippen molar-refractivity contribution in [1.29, 1.82) is 0 Å². The molecule has 1 fully saturated rings. The molecule has 1 saturated heterocycles. The van der Waals surface area contributed by atoms with Crippen LogP contribution in [0.2, 0.25) is 0 Å². The first kappa shape index (κ1) is 16.1. The molecule has 0 atom stereocenters. The molecule has 2 aromatic heterocycles. The number of nitrogens with zero attached hydrogens (tertiary/aromatic N) is 4. The van der Waals surface area contributed by atoms with E-state index in [9.17, 15) is 4.79 Å². The van der Waals surface area contributed by atoms with Gasteiger partial charge in [-0.2, -0.15) is 5.10 Å². The van der Waals surface area contributed by atoms with E-state index in [2.05, 4.69) is 42.4 Å². The molecule has 0 aliphatic carbocycles. The van der Waals surface area contributed by atoms with Crippen molar-refractivity contribution in [2.24, 2.45) is 0 Å². The summed E-state index contributed by atoms with van der Waals surface area (Å²) < 4.78 is 0. The highest BCUT2D eigenvalue weighted by atomic mass is 16.1. The molecule has 2 aliphatic rings. The van der Waals surface area contributed by atoms with E-state index in [1.807, 2.05) is 12.4 Å². The molecule has 0 saturated carbocycles. The van der Waals surface area contributed by atoms with Crippen molar-refractivity contribution in [3.8, 4) is 0 Å². The average Bonchev–Trinajstić information content (AvgIpc) is 2.69. The molecule has 0 bridgehead atoms. The van der Waals surface area contributed by atoms with Crippen molar-refractivity contribution in [2.75, 3.05) is 49.5 Å². The fourth-order valence-corrected chi connectivity index (χ4v) is 3.68. The van der Waals surface area contributed by atoms with Gasteiger partial charge in [0.05, 0.1) is 11.4 Å². The molecule has 0 spiro atoms. The van der Waals surface area contributed by atoms with Crippen LogP contribution in [-0.4, -0.2) is 59.3 Å². The van der Waals surface area contributed by atoms with Crippen LogP contribution in [0.15, 0.2) is 29.3 Å². The molecule has 2 aliphatic heterocycles. The monoisotopic (exact) mass is 340 g/mol. The second-order valence-electron chi connectivity index (χ2n) is 6.67. The lowest BCUT2D eigenvalue weighted by Gasteiger charge is -2.36. The van der Waals surface area contributed by atoms with Gasteiger partial charge in [0, 0.05) is 69.3 Å². The zero-order valence-corrected chi connectivity index (χ0v) is 14.4. The Hall–Kier alpha value is -2.41. The number of fused-ring (bicyclic) bond motifs is 1. The van der Waals surface area contributed by atoms with E-state index in [0.717, 1.165) is 75.5 Å². The minimum atomic E-state index is -0.0445. The van der Waals surface area contributed by atoms with Crippen LogP contribution < -0.4 is 15.8 Å². The van der Waals surface area contributed by atoms with E-state index >= 15 is 0 Å². The summed E-state index contributed by atoms with van der Waals surface area (Å²) in [5.41, 5.74) is 4.04. The Labute approximate surface area is 147 Å². The molecule has 2 aromatic rings. The van der Waals surface area contributed by atoms with Crippen LogP contribution in [0.5, 0.6) is 0 Å². The maximum Gasteiger partial charge on any atom is 0.269 e.